The molecule has 1 heterocycles. The molecule has 1 fully saturated rings. The summed E-state index contributed by atoms with van der Waals surface area (Å²) in [4.78, 5) is 16.8. The van der Waals surface area contributed by atoms with Crippen LogP contribution < -0.4 is 14.4 Å². The van der Waals surface area contributed by atoms with Crippen LogP contribution in [0.1, 0.15) is 49.9 Å². The number of ether oxygens (including phenoxy) is 2. The summed E-state index contributed by atoms with van der Waals surface area (Å²) in [5.41, 5.74) is 2.20. The molecule has 156 valence electrons. The van der Waals surface area contributed by atoms with Gasteiger partial charge in [0.15, 0.2) is 6.04 Å². The Balaban J connectivity index is 2.04. The van der Waals surface area contributed by atoms with E-state index in [4.69, 9.17) is 9.47 Å². The van der Waals surface area contributed by atoms with Gasteiger partial charge in [-0.05, 0) is 32.0 Å². The normalized spacial score (nSPS) is 19.6. The number of quaternary nitrogens is 1. The molecule has 1 amide bonds. The van der Waals surface area contributed by atoms with E-state index in [1.165, 1.54) is 4.90 Å². The standard InChI is InChI=1S/C24H32N2O3/c1-5-25(6-2)24(27)23(18-11-8-7-9-12-18)26-16-10-13-21(26)20-17-19(28-3)14-15-22(20)29-4/h7-9,11-12,14-15,17,21,23H,5-6,10,13,16H2,1-4H3/p+1/t21-,23+/m1/s1. The van der Waals surface area contributed by atoms with Crippen molar-refractivity contribution < 1.29 is 19.2 Å². The number of nitrogens with one attached hydrogen (secondary N) is 1. The zero-order valence-corrected chi connectivity index (χ0v) is 18.0. The molecule has 2 aromatic carbocycles. The fourth-order valence-electron chi connectivity index (χ4n) is 4.56. The van der Waals surface area contributed by atoms with E-state index >= 15 is 0 Å². The van der Waals surface area contributed by atoms with Crippen LogP contribution in [0.15, 0.2) is 48.5 Å². The fourth-order valence-corrected chi connectivity index (χ4v) is 4.56. The van der Waals surface area contributed by atoms with Gasteiger partial charge >= 0.3 is 0 Å². The van der Waals surface area contributed by atoms with Crippen LogP contribution in [0.5, 0.6) is 11.5 Å². The number of carbonyl (C=O) groups is 1. The molecule has 0 bridgehead atoms. The number of hydrogen-bond acceptors (Lipinski definition) is 3. The summed E-state index contributed by atoms with van der Waals surface area (Å²) in [6.45, 7) is 6.49. The van der Waals surface area contributed by atoms with Gasteiger partial charge in [0, 0.05) is 31.5 Å². The number of carbonyl (C=O) groups excluding carboxylic acids is 1. The van der Waals surface area contributed by atoms with Gasteiger partial charge in [-0.25, -0.2) is 0 Å². The average molecular weight is 398 g/mol. The van der Waals surface area contributed by atoms with E-state index in [9.17, 15) is 4.79 Å². The minimum atomic E-state index is -0.223. The summed E-state index contributed by atoms with van der Waals surface area (Å²) in [6, 6.07) is 16.1. The first-order valence-electron chi connectivity index (χ1n) is 10.6. The van der Waals surface area contributed by atoms with Crippen LogP contribution in [0, 0.1) is 0 Å². The van der Waals surface area contributed by atoms with Crippen LogP contribution in [-0.2, 0) is 4.79 Å². The smallest absolute Gasteiger partial charge is 0.285 e. The Kier molecular flexibility index (Phi) is 7.15. The molecule has 1 unspecified atom stereocenters. The first-order valence-corrected chi connectivity index (χ1v) is 10.6. The van der Waals surface area contributed by atoms with Gasteiger partial charge < -0.3 is 19.3 Å². The number of likely N-dealkylation sites (tertiary alicyclic amines) is 1. The van der Waals surface area contributed by atoms with Crippen molar-refractivity contribution in [3.63, 3.8) is 0 Å². The van der Waals surface area contributed by atoms with Gasteiger partial charge in [0.05, 0.1) is 26.3 Å². The maximum Gasteiger partial charge on any atom is 0.285 e. The molecule has 0 radical (unpaired) electrons. The summed E-state index contributed by atoms with van der Waals surface area (Å²) in [5, 5.41) is 0. The van der Waals surface area contributed by atoms with Crippen molar-refractivity contribution in [2.24, 2.45) is 0 Å². The highest BCUT2D eigenvalue weighted by atomic mass is 16.5. The zero-order chi connectivity index (χ0) is 20.8. The highest BCUT2D eigenvalue weighted by Crippen LogP contribution is 2.33. The Morgan fingerprint density at radius 1 is 1.10 bits per heavy atom. The number of benzene rings is 2. The molecule has 3 atom stereocenters. The molecular weight excluding hydrogens is 364 g/mol. The van der Waals surface area contributed by atoms with Gasteiger partial charge in [-0.3, -0.25) is 4.79 Å². The lowest BCUT2D eigenvalue weighted by Crippen LogP contribution is -3.11. The second-order valence-corrected chi connectivity index (χ2v) is 7.48. The molecule has 29 heavy (non-hydrogen) atoms. The number of nitrogens with zero attached hydrogens (tertiary/aromatic N) is 1. The first kappa shape index (κ1) is 21.2. The molecule has 0 spiro atoms. The molecule has 1 aliphatic heterocycles. The Bertz CT molecular complexity index is 805. The topological polar surface area (TPSA) is 43.2 Å². The Morgan fingerprint density at radius 2 is 1.83 bits per heavy atom. The third-order valence-electron chi connectivity index (χ3n) is 6.04. The van der Waals surface area contributed by atoms with E-state index in [1.807, 2.05) is 49.1 Å². The van der Waals surface area contributed by atoms with Crippen molar-refractivity contribution in [2.75, 3.05) is 33.9 Å². The Labute approximate surface area is 174 Å². The Hall–Kier alpha value is -2.53. The molecule has 3 rings (SSSR count). The number of amides is 1. The lowest BCUT2D eigenvalue weighted by molar-refractivity contribution is -0.940. The van der Waals surface area contributed by atoms with Crippen molar-refractivity contribution >= 4 is 5.91 Å². The van der Waals surface area contributed by atoms with Gasteiger partial charge in [-0.2, -0.15) is 0 Å². The lowest BCUT2D eigenvalue weighted by atomic mass is 9.98. The summed E-state index contributed by atoms with van der Waals surface area (Å²) >= 11 is 0. The number of hydrogen-bond donors (Lipinski definition) is 1. The van der Waals surface area contributed by atoms with E-state index in [2.05, 4.69) is 18.2 Å². The minimum absolute atomic E-state index is 0.185. The molecular formula is C24H33N2O3+. The SMILES string of the molecule is CCN(CC)C(=O)[C@H](c1ccccc1)[NH+]1CCC[C@@H]1c1cc(OC)ccc1OC. The molecule has 1 aliphatic rings. The lowest BCUT2D eigenvalue weighted by Gasteiger charge is -2.33. The summed E-state index contributed by atoms with van der Waals surface area (Å²) < 4.78 is 11.2. The molecule has 0 aromatic heterocycles. The van der Waals surface area contributed by atoms with Gasteiger partial charge in [-0.15, -0.1) is 0 Å². The largest absolute Gasteiger partial charge is 0.497 e. The number of likely N-dealkylation sites (N-methyl/N-ethyl adjacent to an activating group) is 1. The predicted molar refractivity (Wildman–Crippen MR) is 114 cm³/mol. The number of methoxy groups -OCH3 is 2. The van der Waals surface area contributed by atoms with Gasteiger partial charge in [0.25, 0.3) is 5.91 Å². The zero-order valence-electron chi connectivity index (χ0n) is 18.0. The second-order valence-electron chi connectivity index (χ2n) is 7.48. The van der Waals surface area contributed by atoms with E-state index in [-0.39, 0.29) is 18.0 Å². The third-order valence-corrected chi connectivity index (χ3v) is 6.04. The molecule has 5 heteroatoms. The van der Waals surface area contributed by atoms with Crippen LogP contribution in [0.3, 0.4) is 0 Å². The van der Waals surface area contributed by atoms with Gasteiger partial charge in [-0.1, -0.05) is 30.3 Å². The van der Waals surface area contributed by atoms with Crippen LogP contribution in [0.25, 0.3) is 0 Å². The minimum Gasteiger partial charge on any atom is -0.497 e. The van der Waals surface area contributed by atoms with Gasteiger partial charge in [0.1, 0.15) is 17.5 Å². The highest BCUT2D eigenvalue weighted by Gasteiger charge is 2.43. The van der Waals surface area contributed by atoms with Crippen molar-refractivity contribution in [1.82, 2.24) is 4.90 Å². The van der Waals surface area contributed by atoms with Crippen molar-refractivity contribution in [3.05, 3.63) is 59.7 Å². The van der Waals surface area contributed by atoms with Crippen LogP contribution >= 0.6 is 0 Å². The van der Waals surface area contributed by atoms with E-state index in [1.54, 1.807) is 14.2 Å². The maximum absolute atomic E-state index is 13.6. The predicted octanol–water partition coefficient (Wildman–Crippen LogP) is 3.03. The van der Waals surface area contributed by atoms with E-state index in [0.29, 0.717) is 0 Å². The van der Waals surface area contributed by atoms with Crippen LogP contribution in [-0.4, -0.2) is 44.7 Å². The van der Waals surface area contributed by atoms with Crippen LogP contribution in [0.2, 0.25) is 0 Å². The van der Waals surface area contributed by atoms with Crippen molar-refractivity contribution in [1.29, 1.82) is 0 Å². The average Bonchev–Trinajstić information content (AvgIpc) is 3.24. The molecule has 2 aromatic rings. The van der Waals surface area contributed by atoms with Gasteiger partial charge in [0.2, 0.25) is 0 Å². The molecule has 0 aliphatic carbocycles. The molecule has 5 nitrogen and oxygen atoms in total. The maximum atomic E-state index is 13.6. The number of rotatable bonds is 8. The Morgan fingerprint density at radius 3 is 2.45 bits per heavy atom. The van der Waals surface area contributed by atoms with Crippen molar-refractivity contribution in [2.45, 2.75) is 38.8 Å². The molecule has 0 saturated carbocycles. The van der Waals surface area contributed by atoms with E-state index < -0.39 is 0 Å². The summed E-state index contributed by atoms with van der Waals surface area (Å²) in [7, 11) is 3.39. The fraction of sp³-hybridized carbons (Fsp3) is 0.458. The van der Waals surface area contributed by atoms with Crippen LogP contribution in [0.4, 0.5) is 0 Å². The van der Waals surface area contributed by atoms with Crippen molar-refractivity contribution in [3.8, 4) is 11.5 Å². The first-order chi connectivity index (χ1) is 14.1. The molecule has 1 saturated heterocycles. The summed E-state index contributed by atoms with van der Waals surface area (Å²) in [5.74, 6) is 1.88. The molecule has 1 N–H and O–H groups in total. The third kappa shape index (κ3) is 4.40. The highest BCUT2D eigenvalue weighted by molar-refractivity contribution is 5.82. The quantitative estimate of drug-likeness (QED) is 0.745. The monoisotopic (exact) mass is 397 g/mol. The summed E-state index contributed by atoms with van der Waals surface area (Å²) in [6.07, 6.45) is 2.10. The second kappa shape index (κ2) is 9.79. The van der Waals surface area contributed by atoms with E-state index in [0.717, 1.165) is 55.1 Å².